The molecule has 1 saturated heterocycles. The summed E-state index contributed by atoms with van der Waals surface area (Å²) in [6.45, 7) is 3.66. The predicted octanol–water partition coefficient (Wildman–Crippen LogP) is 3.78. The summed E-state index contributed by atoms with van der Waals surface area (Å²) >= 11 is 6.06. The number of methoxy groups -OCH3 is 2. The molecule has 164 valence electrons. The highest BCUT2D eigenvalue weighted by atomic mass is 127. The van der Waals surface area contributed by atoms with Crippen molar-refractivity contribution in [3.8, 4) is 11.5 Å². The summed E-state index contributed by atoms with van der Waals surface area (Å²) in [5.74, 6) is 1.62. The van der Waals surface area contributed by atoms with Crippen molar-refractivity contribution in [1.82, 2.24) is 4.90 Å². The lowest BCUT2D eigenvalue weighted by Gasteiger charge is -2.34. The number of nitrogens with one attached hydrogen (secondary N) is 1. The maximum atomic E-state index is 6.15. The van der Waals surface area contributed by atoms with Gasteiger partial charge in [0.25, 0.3) is 0 Å². The van der Waals surface area contributed by atoms with E-state index in [1.165, 1.54) is 0 Å². The molecule has 0 aromatic heterocycles. The Morgan fingerprint density at radius 1 is 1.13 bits per heavy atom. The van der Waals surface area contributed by atoms with Gasteiger partial charge in [0.05, 0.1) is 40.0 Å². The molecule has 7 nitrogen and oxygen atoms in total. The Labute approximate surface area is 199 Å². The average Bonchev–Trinajstić information content (AvgIpc) is 2.75. The van der Waals surface area contributed by atoms with Crippen molar-refractivity contribution in [2.24, 2.45) is 10.7 Å². The molecule has 0 bridgehead atoms. The van der Waals surface area contributed by atoms with Gasteiger partial charge in [0, 0.05) is 29.9 Å². The fourth-order valence-corrected chi connectivity index (χ4v) is 3.42. The van der Waals surface area contributed by atoms with Crippen LogP contribution in [0.2, 0.25) is 5.02 Å². The molecule has 9 heteroatoms. The van der Waals surface area contributed by atoms with Crippen LogP contribution in [0.25, 0.3) is 0 Å². The minimum absolute atomic E-state index is 0. The first-order valence-corrected chi connectivity index (χ1v) is 9.84. The number of morpholine rings is 1. The molecule has 2 aromatic carbocycles. The Bertz CT molecular complexity index is 830. The van der Waals surface area contributed by atoms with Crippen molar-refractivity contribution in [2.45, 2.75) is 6.04 Å². The lowest BCUT2D eigenvalue weighted by Crippen LogP contribution is -2.40. The summed E-state index contributed by atoms with van der Waals surface area (Å²) < 4.78 is 16.1. The van der Waals surface area contributed by atoms with Gasteiger partial charge in [0.15, 0.2) is 17.5 Å². The molecule has 3 N–H and O–H groups in total. The molecule has 1 aliphatic heterocycles. The quantitative estimate of drug-likeness (QED) is 0.313. The van der Waals surface area contributed by atoms with Crippen LogP contribution in [0.15, 0.2) is 47.5 Å². The van der Waals surface area contributed by atoms with Crippen molar-refractivity contribution in [3.05, 3.63) is 53.1 Å². The predicted molar refractivity (Wildman–Crippen MR) is 132 cm³/mol. The number of hydrogen-bond donors (Lipinski definition) is 2. The number of nitrogens with two attached hydrogens (primary N) is 1. The van der Waals surface area contributed by atoms with Crippen LogP contribution in [0.1, 0.15) is 11.6 Å². The highest BCUT2D eigenvalue weighted by Crippen LogP contribution is 2.29. The summed E-state index contributed by atoms with van der Waals surface area (Å²) in [4.78, 5) is 6.95. The number of halogens is 2. The molecule has 0 spiro atoms. The van der Waals surface area contributed by atoms with Crippen LogP contribution in [-0.2, 0) is 4.74 Å². The molecule has 2 aromatic rings. The Morgan fingerprint density at radius 3 is 2.43 bits per heavy atom. The number of guanidine groups is 1. The monoisotopic (exact) mass is 546 g/mol. The first-order valence-electron chi connectivity index (χ1n) is 9.47. The van der Waals surface area contributed by atoms with Crippen LogP contribution in [0.5, 0.6) is 11.5 Å². The molecule has 1 atom stereocenters. The van der Waals surface area contributed by atoms with Gasteiger partial charge < -0.3 is 25.3 Å². The van der Waals surface area contributed by atoms with Crippen molar-refractivity contribution in [3.63, 3.8) is 0 Å². The van der Waals surface area contributed by atoms with Crippen molar-refractivity contribution >= 4 is 47.2 Å². The SMILES string of the molecule is COc1ccc(NC(N)=NCC(c2ccc(Cl)cc2)N2CCOCC2)cc1OC.I. The van der Waals surface area contributed by atoms with Gasteiger partial charge in [-0.25, -0.2) is 0 Å². The number of benzene rings is 2. The minimum Gasteiger partial charge on any atom is -0.493 e. The number of aliphatic imine (C=N–C) groups is 1. The third-order valence-corrected chi connectivity index (χ3v) is 5.08. The fourth-order valence-electron chi connectivity index (χ4n) is 3.29. The lowest BCUT2D eigenvalue weighted by molar-refractivity contribution is 0.0180. The van der Waals surface area contributed by atoms with Gasteiger partial charge in [0.2, 0.25) is 0 Å². The van der Waals surface area contributed by atoms with E-state index in [1.54, 1.807) is 14.2 Å². The van der Waals surface area contributed by atoms with Gasteiger partial charge in [-0.3, -0.25) is 9.89 Å². The van der Waals surface area contributed by atoms with Gasteiger partial charge in [-0.2, -0.15) is 0 Å². The molecular formula is C21H28ClIN4O3. The highest BCUT2D eigenvalue weighted by molar-refractivity contribution is 14.0. The number of rotatable bonds is 7. The third-order valence-electron chi connectivity index (χ3n) is 4.83. The normalized spacial score (nSPS) is 15.8. The zero-order valence-electron chi connectivity index (χ0n) is 17.1. The number of anilines is 1. The van der Waals surface area contributed by atoms with Gasteiger partial charge >= 0.3 is 0 Å². The maximum absolute atomic E-state index is 6.15. The second kappa shape index (κ2) is 12.2. The van der Waals surface area contributed by atoms with Crippen LogP contribution >= 0.6 is 35.6 Å². The Kier molecular flexibility index (Phi) is 9.96. The molecule has 1 unspecified atom stereocenters. The van der Waals surface area contributed by atoms with Gasteiger partial charge in [0.1, 0.15) is 0 Å². The third kappa shape index (κ3) is 6.63. The fraction of sp³-hybridized carbons (Fsp3) is 0.381. The second-order valence-corrected chi connectivity index (χ2v) is 7.07. The first kappa shape index (κ1) is 24.5. The van der Waals surface area contributed by atoms with Gasteiger partial charge in [-0.1, -0.05) is 23.7 Å². The van der Waals surface area contributed by atoms with Crippen molar-refractivity contribution in [2.75, 3.05) is 52.4 Å². The maximum Gasteiger partial charge on any atom is 0.193 e. The van der Waals surface area contributed by atoms with E-state index >= 15 is 0 Å². The van der Waals surface area contributed by atoms with Gasteiger partial charge in [-0.15, -0.1) is 24.0 Å². The molecule has 1 aliphatic rings. The summed E-state index contributed by atoms with van der Waals surface area (Å²) in [6.07, 6.45) is 0. The summed E-state index contributed by atoms with van der Waals surface area (Å²) in [6, 6.07) is 13.5. The molecule has 0 saturated carbocycles. The van der Waals surface area contributed by atoms with Crippen molar-refractivity contribution < 1.29 is 14.2 Å². The van der Waals surface area contributed by atoms with E-state index in [1.807, 2.05) is 42.5 Å². The smallest absolute Gasteiger partial charge is 0.193 e. The van der Waals surface area contributed by atoms with E-state index in [0.29, 0.717) is 42.2 Å². The van der Waals surface area contributed by atoms with Crippen molar-refractivity contribution in [1.29, 1.82) is 0 Å². The number of nitrogens with zero attached hydrogens (tertiary/aromatic N) is 2. The number of hydrogen-bond acceptors (Lipinski definition) is 5. The van der Waals surface area contributed by atoms with Crippen LogP contribution in [0.4, 0.5) is 5.69 Å². The highest BCUT2D eigenvalue weighted by Gasteiger charge is 2.22. The van der Waals surface area contributed by atoms with E-state index < -0.39 is 0 Å². The molecular weight excluding hydrogens is 519 g/mol. The largest absolute Gasteiger partial charge is 0.493 e. The summed E-state index contributed by atoms with van der Waals surface area (Å²) in [5.41, 5.74) is 8.08. The zero-order valence-corrected chi connectivity index (χ0v) is 20.2. The topological polar surface area (TPSA) is 81.3 Å². The van der Waals surface area contributed by atoms with Crippen LogP contribution in [-0.4, -0.2) is 57.9 Å². The lowest BCUT2D eigenvalue weighted by atomic mass is 10.0. The summed E-state index contributed by atoms with van der Waals surface area (Å²) in [5, 5.41) is 3.83. The molecule has 3 rings (SSSR count). The number of ether oxygens (including phenoxy) is 3. The molecule has 1 heterocycles. The van der Waals surface area contributed by atoms with Gasteiger partial charge in [-0.05, 0) is 29.8 Å². The Morgan fingerprint density at radius 2 is 1.80 bits per heavy atom. The van der Waals surface area contributed by atoms with E-state index in [4.69, 9.17) is 31.5 Å². The Balaban J connectivity index is 0.00000320. The minimum atomic E-state index is 0. The first-order chi connectivity index (χ1) is 14.1. The van der Waals surface area contributed by atoms with Crippen LogP contribution in [0.3, 0.4) is 0 Å². The molecule has 0 radical (unpaired) electrons. The van der Waals surface area contributed by atoms with E-state index in [2.05, 4.69) is 15.2 Å². The molecule has 0 aliphatic carbocycles. The summed E-state index contributed by atoms with van der Waals surface area (Å²) in [7, 11) is 3.20. The molecule has 1 fully saturated rings. The van der Waals surface area contributed by atoms with Crippen LogP contribution in [0, 0.1) is 0 Å². The molecule has 30 heavy (non-hydrogen) atoms. The second-order valence-electron chi connectivity index (χ2n) is 6.64. The Hall–Kier alpha value is -1.75. The van der Waals surface area contributed by atoms with E-state index in [-0.39, 0.29) is 30.0 Å². The zero-order chi connectivity index (χ0) is 20.6. The van der Waals surface area contributed by atoms with E-state index in [9.17, 15) is 0 Å². The standard InChI is InChI=1S/C21H27ClN4O3.HI/c1-27-19-8-7-17(13-20(19)28-2)25-21(23)24-14-18(26-9-11-29-12-10-26)15-3-5-16(22)6-4-15;/h3-8,13,18H,9-12,14H2,1-2H3,(H3,23,24,25);1H. The van der Waals surface area contributed by atoms with Crippen LogP contribution < -0.4 is 20.5 Å². The molecule has 0 amide bonds. The average molecular weight is 547 g/mol. The van der Waals surface area contributed by atoms with E-state index in [0.717, 1.165) is 24.3 Å².